The van der Waals surface area contributed by atoms with Gasteiger partial charge in [-0.2, -0.15) is 0 Å². The molecule has 0 aliphatic carbocycles. The van der Waals surface area contributed by atoms with Crippen molar-refractivity contribution < 1.29 is 24.2 Å². The maximum Gasteiger partial charge on any atom is 0.307 e. The van der Waals surface area contributed by atoms with Crippen LogP contribution in [0.3, 0.4) is 0 Å². The minimum absolute atomic E-state index is 0.0749. The lowest BCUT2D eigenvalue weighted by atomic mass is 9.88. The van der Waals surface area contributed by atoms with Gasteiger partial charge in [-0.15, -0.1) is 0 Å². The van der Waals surface area contributed by atoms with E-state index in [0.717, 1.165) is 17.3 Å². The van der Waals surface area contributed by atoms with Crippen LogP contribution in [0, 0.1) is 5.92 Å². The molecule has 0 saturated heterocycles. The summed E-state index contributed by atoms with van der Waals surface area (Å²) in [4.78, 5) is 22.4. The molecule has 6 heteroatoms. The van der Waals surface area contributed by atoms with E-state index in [-0.39, 0.29) is 23.6 Å². The van der Waals surface area contributed by atoms with Crippen LogP contribution in [-0.2, 0) is 9.59 Å². The van der Waals surface area contributed by atoms with Gasteiger partial charge >= 0.3 is 5.97 Å². The van der Waals surface area contributed by atoms with E-state index in [4.69, 9.17) is 9.47 Å². The second-order valence-electron chi connectivity index (χ2n) is 4.65. The molecule has 1 aromatic carbocycles. The highest BCUT2D eigenvalue weighted by atomic mass is 32.2. The van der Waals surface area contributed by atoms with Crippen LogP contribution in [0.4, 0.5) is 0 Å². The number of carboxylic acids is 1. The zero-order valence-corrected chi connectivity index (χ0v) is 12.1. The number of carboxylic acid groups (broad SMARTS) is 1. The smallest absolute Gasteiger partial charge is 0.307 e. The van der Waals surface area contributed by atoms with E-state index < -0.39 is 11.9 Å². The topological polar surface area (TPSA) is 72.8 Å². The molecule has 0 aromatic heterocycles. The molecule has 1 aliphatic heterocycles. The Morgan fingerprint density at radius 1 is 1.35 bits per heavy atom. The first kappa shape index (κ1) is 14.7. The van der Waals surface area contributed by atoms with Gasteiger partial charge in [0.05, 0.1) is 5.92 Å². The number of carbonyl (C=O) groups is 2. The summed E-state index contributed by atoms with van der Waals surface area (Å²) in [6, 6.07) is 5.43. The minimum atomic E-state index is -0.899. The van der Waals surface area contributed by atoms with E-state index in [1.54, 1.807) is 12.1 Å². The maximum atomic E-state index is 11.4. The van der Waals surface area contributed by atoms with Gasteiger partial charge in [0.15, 0.2) is 16.6 Å². The van der Waals surface area contributed by atoms with Gasteiger partial charge in [0.2, 0.25) is 6.79 Å². The lowest BCUT2D eigenvalue weighted by molar-refractivity contribution is -0.141. The SMILES string of the molecule is CC(=O)SCC(C(=O)O)C(C)c1ccc2c(c1)OCO2. The van der Waals surface area contributed by atoms with E-state index in [1.165, 1.54) is 6.92 Å². The van der Waals surface area contributed by atoms with Gasteiger partial charge in [0.1, 0.15) is 0 Å². The van der Waals surface area contributed by atoms with E-state index in [0.29, 0.717) is 11.5 Å². The molecule has 0 radical (unpaired) electrons. The van der Waals surface area contributed by atoms with Gasteiger partial charge in [-0.05, 0) is 23.6 Å². The predicted octanol–water partition coefficient (Wildman–Crippen LogP) is 2.50. The molecule has 1 heterocycles. The molecule has 1 N–H and O–H groups in total. The van der Waals surface area contributed by atoms with Crippen LogP contribution in [0.1, 0.15) is 25.3 Å². The number of ether oxygens (including phenoxy) is 2. The summed E-state index contributed by atoms with van der Waals surface area (Å²) in [6.45, 7) is 3.47. The molecule has 0 spiro atoms. The first-order chi connectivity index (χ1) is 9.49. The largest absolute Gasteiger partial charge is 0.481 e. The van der Waals surface area contributed by atoms with Crippen LogP contribution in [-0.4, -0.2) is 28.7 Å². The zero-order chi connectivity index (χ0) is 14.7. The van der Waals surface area contributed by atoms with Gasteiger partial charge in [0, 0.05) is 12.7 Å². The quantitative estimate of drug-likeness (QED) is 0.900. The van der Waals surface area contributed by atoms with Crippen molar-refractivity contribution >= 4 is 22.8 Å². The molecular weight excluding hydrogens is 280 g/mol. The third kappa shape index (κ3) is 3.25. The van der Waals surface area contributed by atoms with Crippen molar-refractivity contribution in [1.29, 1.82) is 0 Å². The summed E-state index contributed by atoms with van der Waals surface area (Å²) >= 11 is 1.04. The molecule has 1 aliphatic rings. The van der Waals surface area contributed by atoms with Crippen molar-refractivity contribution in [1.82, 2.24) is 0 Å². The number of carbonyl (C=O) groups excluding carboxylic acids is 1. The number of hydrogen-bond acceptors (Lipinski definition) is 5. The van der Waals surface area contributed by atoms with E-state index in [9.17, 15) is 14.7 Å². The third-order valence-electron chi connectivity index (χ3n) is 3.31. The Morgan fingerprint density at radius 3 is 2.70 bits per heavy atom. The molecule has 0 saturated carbocycles. The summed E-state index contributed by atoms with van der Waals surface area (Å²) in [5, 5.41) is 9.26. The van der Waals surface area contributed by atoms with Crippen LogP contribution in [0.2, 0.25) is 0 Å². The van der Waals surface area contributed by atoms with Gasteiger partial charge in [-0.25, -0.2) is 0 Å². The van der Waals surface area contributed by atoms with E-state index in [1.807, 2.05) is 13.0 Å². The summed E-state index contributed by atoms with van der Waals surface area (Å²) in [6.07, 6.45) is 0. The van der Waals surface area contributed by atoms with Crippen molar-refractivity contribution in [2.45, 2.75) is 19.8 Å². The Labute approximate surface area is 121 Å². The Kier molecular flexibility index (Phi) is 4.54. The standard InChI is InChI=1S/C14H16O5S/c1-8(11(14(16)17)6-20-9(2)15)10-3-4-12-13(5-10)19-7-18-12/h3-5,8,11H,6-7H2,1-2H3,(H,16,17). The molecule has 0 amide bonds. The lowest BCUT2D eigenvalue weighted by Crippen LogP contribution is -2.23. The van der Waals surface area contributed by atoms with Crippen LogP contribution in [0.15, 0.2) is 18.2 Å². The van der Waals surface area contributed by atoms with E-state index in [2.05, 4.69) is 0 Å². The lowest BCUT2D eigenvalue weighted by Gasteiger charge is -2.20. The molecule has 5 nitrogen and oxygen atoms in total. The van der Waals surface area contributed by atoms with Crippen molar-refractivity contribution in [3.63, 3.8) is 0 Å². The fraction of sp³-hybridized carbons (Fsp3) is 0.429. The van der Waals surface area contributed by atoms with Crippen molar-refractivity contribution in [3.8, 4) is 11.5 Å². The first-order valence-electron chi connectivity index (χ1n) is 6.24. The highest BCUT2D eigenvalue weighted by Crippen LogP contribution is 2.37. The number of aliphatic carboxylic acids is 1. The maximum absolute atomic E-state index is 11.4. The number of hydrogen-bond donors (Lipinski definition) is 1. The Balaban J connectivity index is 2.16. The minimum Gasteiger partial charge on any atom is -0.481 e. The highest BCUT2D eigenvalue weighted by molar-refractivity contribution is 8.13. The van der Waals surface area contributed by atoms with Crippen LogP contribution < -0.4 is 9.47 Å². The van der Waals surface area contributed by atoms with Gasteiger partial charge in [-0.3, -0.25) is 9.59 Å². The molecule has 0 fully saturated rings. The third-order valence-corrected chi connectivity index (χ3v) is 4.24. The fourth-order valence-corrected chi connectivity index (χ4v) is 2.91. The Hall–Kier alpha value is -1.69. The van der Waals surface area contributed by atoms with Crippen LogP contribution >= 0.6 is 11.8 Å². The molecule has 1 aromatic rings. The first-order valence-corrected chi connectivity index (χ1v) is 7.23. The van der Waals surface area contributed by atoms with Crippen molar-refractivity contribution in [2.24, 2.45) is 5.92 Å². The predicted molar refractivity (Wildman–Crippen MR) is 75.2 cm³/mol. The summed E-state index contributed by atoms with van der Waals surface area (Å²) < 4.78 is 10.5. The van der Waals surface area contributed by atoms with Crippen LogP contribution in [0.5, 0.6) is 11.5 Å². The number of benzene rings is 1. The second kappa shape index (κ2) is 6.17. The Morgan fingerprint density at radius 2 is 2.05 bits per heavy atom. The van der Waals surface area contributed by atoms with Gasteiger partial charge < -0.3 is 14.6 Å². The molecule has 2 atom stereocenters. The Bertz CT molecular complexity index is 528. The molecule has 2 rings (SSSR count). The highest BCUT2D eigenvalue weighted by Gasteiger charge is 2.27. The van der Waals surface area contributed by atoms with Gasteiger partial charge in [-0.1, -0.05) is 24.8 Å². The van der Waals surface area contributed by atoms with Crippen molar-refractivity contribution in [2.75, 3.05) is 12.5 Å². The molecule has 2 unspecified atom stereocenters. The van der Waals surface area contributed by atoms with E-state index >= 15 is 0 Å². The average molecular weight is 296 g/mol. The summed E-state index contributed by atoms with van der Waals surface area (Å²) in [5.41, 5.74) is 0.866. The van der Waals surface area contributed by atoms with Gasteiger partial charge in [0.25, 0.3) is 0 Å². The molecule has 108 valence electrons. The zero-order valence-electron chi connectivity index (χ0n) is 11.3. The van der Waals surface area contributed by atoms with Crippen molar-refractivity contribution in [3.05, 3.63) is 23.8 Å². The second-order valence-corrected chi connectivity index (χ2v) is 5.85. The number of fused-ring (bicyclic) bond motifs is 1. The molecule has 20 heavy (non-hydrogen) atoms. The molecule has 0 bridgehead atoms. The molecular formula is C14H16O5S. The average Bonchev–Trinajstić information content (AvgIpc) is 2.84. The fourth-order valence-electron chi connectivity index (χ4n) is 2.07. The monoisotopic (exact) mass is 296 g/mol. The number of thioether (sulfide) groups is 1. The summed E-state index contributed by atoms with van der Waals surface area (Å²) in [5.74, 6) is -0.161. The number of rotatable bonds is 5. The van der Waals surface area contributed by atoms with Crippen LogP contribution in [0.25, 0.3) is 0 Å². The normalized spacial score (nSPS) is 15.7. The summed E-state index contributed by atoms with van der Waals surface area (Å²) in [7, 11) is 0.